The van der Waals surface area contributed by atoms with Crippen LogP contribution in [-0.4, -0.2) is 61.2 Å². The van der Waals surface area contributed by atoms with Gasteiger partial charge in [-0.25, -0.2) is 0 Å². The van der Waals surface area contributed by atoms with E-state index in [9.17, 15) is 9.59 Å². The minimum Gasteiger partial charge on any atom is -0.480 e. The minimum atomic E-state index is -0.782. The number of carbonyl (C=O) groups excluding carboxylic acids is 1. The molecular formula is C9H20N2O4. The summed E-state index contributed by atoms with van der Waals surface area (Å²) < 4.78 is 0. The van der Waals surface area contributed by atoms with Crippen molar-refractivity contribution >= 4 is 11.9 Å². The second-order valence-corrected chi connectivity index (χ2v) is 3.37. The molecule has 0 heterocycles. The number of carbonyl (C=O) groups is 2. The summed E-state index contributed by atoms with van der Waals surface area (Å²) in [6.45, 7) is 3.00. The maximum absolute atomic E-state index is 10.1. The third kappa shape index (κ3) is 12.9. The predicted molar refractivity (Wildman–Crippen MR) is 56.2 cm³/mol. The molecular weight excluding hydrogens is 200 g/mol. The van der Waals surface area contributed by atoms with Gasteiger partial charge in [-0.05, 0) is 21.0 Å². The van der Waals surface area contributed by atoms with E-state index >= 15 is 0 Å². The molecule has 90 valence electrons. The number of rotatable bonds is 3. The molecule has 0 aromatic heterocycles. The van der Waals surface area contributed by atoms with Gasteiger partial charge < -0.3 is 9.94 Å². The second kappa shape index (κ2) is 8.19. The van der Waals surface area contributed by atoms with Gasteiger partial charge >= 0.3 is 11.9 Å². The van der Waals surface area contributed by atoms with Crippen LogP contribution in [0.3, 0.4) is 0 Å². The Balaban J connectivity index is 0. The number of carboxylic acids is 1. The first-order valence-electron chi connectivity index (χ1n) is 4.43. The van der Waals surface area contributed by atoms with E-state index < -0.39 is 5.97 Å². The van der Waals surface area contributed by atoms with Gasteiger partial charge in [0.1, 0.15) is 6.04 Å². The van der Waals surface area contributed by atoms with Crippen LogP contribution in [0.1, 0.15) is 13.8 Å². The fourth-order valence-electron chi connectivity index (χ4n) is 0.478. The van der Waals surface area contributed by atoms with E-state index in [0.29, 0.717) is 0 Å². The average Bonchev–Trinajstić information content (AvgIpc) is 2.00. The maximum Gasteiger partial charge on any atom is 0.321 e. The maximum atomic E-state index is 10.1. The van der Waals surface area contributed by atoms with Crippen molar-refractivity contribution in [1.29, 1.82) is 0 Å². The SMILES string of the molecule is CC(=O)ON(C)C.CC(C(=O)O)N(C)C. The quantitative estimate of drug-likeness (QED) is 0.678. The molecule has 0 fully saturated rings. The molecule has 15 heavy (non-hydrogen) atoms. The van der Waals surface area contributed by atoms with Gasteiger partial charge in [0.15, 0.2) is 0 Å². The number of carboxylic acid groups (broad SMARTS) is 1. The van der Waals surface area contributed by atoms with Gasteiger partial charge in [-0.1, -0.05) is 0 Å². The van der Waals surface area contributed by atoms with Gasteiger partial charge in [0.2, 0.25) is 0 Å². The topological polar surface area (TPSA) is 70.1 Å². The van der Waals surface area contributed by atoms with Gasteiger partial charge in [0.25, 0.3) is 0 Å². The summed E-state index contributed by atoms with van der Waals surface area (Å²) in [5.74, 6) is -1.07. The highest BCUT2D eigenvalue weighted by Gasteiger charge is 2.11. The molecule has 0 aliphatic rings. The van der Waals surface area contributed by atoms with Crippen molar-refractivity contribution in [2.75, 3.05) is 28.2 Å². The van der Waals surface area contributed by atoms with E-state index in [1.165, 1.54) is 12.0 Å². The van der Waals surface area contributed by atoms with Crippen LogP contribution in [0.2, 0.25) is 0 Å². The lowest BCUT2D eigenvalue weighted by Gasteiger charge is -2.13. The smallest absolute Gasteiger partial charge is 0.321 e. The molecule has 0 bridgehead atoms. The first-order valence-corrected chi connectivity index (χ1v) is 4.43. The molecule has 0 aromatic rings. The number of nitrogens with zero attached hydrogens (tertiary/aromatic N) is 2. The molecule has 0 saturated carbocycles. The Hall–Kier alpha value is -1.14. The van der Waals surface area contributed by atoms with Crippen LogP contribution in [-0.2, 0) is 14.4 Å². The van der Waals surface area contributed by atoms with Crippen molar-refractivity contribution in [3.05, 3.63) is 0 Å². The summed E-state index contributed by atoms with van der Waals surface area (Å²) in [6.07, 6.45) is 0. The average molecular weight is 220 g/mol. The van der Waals surface area contributed by atoms with E-state index in [0.717, 1.165) is 0 Å². The number of aliphatic carboxylic acids is 1. The van der Waals surface area contributed by atoms with Crippen molar-refractivity contribution in [2.45, 2.75) is 19.9 Å². The second-order valence-electron chi connectivity index (χ2n) is 3.37. The largest absolute Gasteiger partial charge is 0.480 e. The molecule has 1 N–H and O–H groups in total. The van der Waals surface area contributed by atoms with Crippen molar-refractivity contribution in [3.8, 4) is 0 Å². The first kappa shape index (κ1) is 16.3. The van der Waals surface area contributed by atoms with E-state index in [1.807, 2.05) is 0 Å². The molecule has 1 atom stereocenters. The molecule has 0 radical (unpaired) electrons. The summed E-state index contributed by atoms with van der Waals surface area (Å²) in [5.41, 5.74) is 0. The van der Waals surface area contributed by atoms with Crippen LogP contribution in [0.4, 0.5) is 0 Å². The minimum absolute atomic E-state index is 0.287. The third-order valence-corrected chi connectivity index (χ3v) is 1.44. The van der Waals surface area contributed by atoms with Crippen LogP contribution in [0.25, 0.3) is 0 Å². The fourth-order valence-corrected chi connectivity index (χ4v) is 0.478. The third-order valence-electron chi connectivity index (χ3n) is 1.44. The summed E-state index contributed by atoms with van der Waals surface area (Å²) in [5, 5.41) is 9.66. The molecule has 0 spiro atoms. The molecule has 0 rings (SSSR count). The van der Waals surface area contributed by atoms with Crippen LogP contribution in [0.5, 0.6) is 0 Å². The Bertz CT molecular complexity index is 204. The van der Waals surface area contributed by atoms with E-state index in [4.69, 9.17) is 5.11 Å². The van der Waals surface area contributed by atoms with Crippen molar-refractivity contribution in [3.63, 3.8) is 0 Å². The van der Waals surface area contributed by atoms with Crippen molar-refractivity contribution in [1.82, 2.24) is 9.96 Å². The molecule has 0 aliphatic carbocycles. The zero-order valence-electron chi connectivity index (χ0n) is 10.1. The molecule has 1 unspecified atom stereocenters. The van der Waals surface area contributed by atoms with Crippen LogP contribution in [0.15, 0.2) is 0 Å². The zero-order chi connectivity index (χ0) is 12.6. The summed E-state index contributed by atoms with van der Waals surface area (Å²) >= 11 is 0. The Morgan fingerprint density at radius 1 is 1.20 bits per heavy atom. The molecule has 0 saturated heterocycles. The van der Waals surface area contributed by atoms with Crippen LogP contribution >= 0.6 is 0 Å². The standard InChI is InChI=1S/C5H11NO2.C4H9NO2/c1-4(5(7)8)6(2)3;1-4(6)7-5(2)3/h4H,1-3H3,(H,7,8);1-3H3. The summed E-state index contributed by atoms with van der Waals surface area (Å²) in [6, 6.07) is -0.380. The molecule has 0 amide bonds. The van der Waals surface area contributed by atoms with Gasteiger partial charge in [-0.2, -0.15) is 0 Å². The Labute approximate surface area is 90.4 Å². The lowest BCUT2D eigenvalue weighted by atomic mass is 10.3. The van der Waals surface area contributed by atoms with Crippen molar-refractivity contribution < 1.29 is 19.5 Å². The zero-order valence-corrected chi connectivity index (χ0v) is 10.1. The van der Waals surface area contributed by atoms with Crippen molar-refractivity contribution in [2.24, 2.45) is 0 Å². The Kier molecular flexibility index (Phi) is 8.90. The van der Waals surface area contributed by atoms with Gasteiger partial charge in [-0.15, -0.1) is 5.06 Å². The van der Waals surface area contributed by atoms with Gasteiger partial charge in [0, 0.05) is 21.0 Å². The van der Waals surface area contributed by atoms with E-state index in [1.54, 1.807) is 40.0 Å². The highest BCUT2D eigenvalue weighted by molar-refractivity contribution is 5.72. The molecule has 6 heteroatoms. The lowest BCUT2D eigenvalue weighted by Crippen LogP contribution is -2.32. The number of hydroxylamine groups is 2. The lowest BCUT2D eigenvalue weighted by molar-refractivity contribution is -0.175. The highest BCUT2D eigenvalue weighted by Crippen LogP contribution is 1.88. The Morgan fingerprint density at radius 3 is 1.60 bits per heavy atom. The normalized spacial score (nSPS) is 11.7. The monoisotopic (exact) mass is 220 g/mol. The van der Waals surface area contributed by atoms with Crippen LogP contribution < -0.4 is 0 Å². The summed E-state index contributed by atoms with van der Waals surface area (Å²) in [4.78, 5) is 26.2. The van der Waals surface area contributed by atoms with Gasteiger partial charge in [-0.3, -0.25) is 14.5 Å². The fraction of sp³-hybridized carbons (Fsp3) is 0.778. The number of hydrogen-bond donors (Lipinski definition) is 1. The molecule has 0 aromatic carbocycles. The highest BCUT2D eigenvalue weighted by atomic mass is 16.7. The predicted octanol–water partition coefficient (Wildman–Crippen LogP) is 0.0472. The van der Waals surface area contributed by atoms with Gasteiger partial charge in [0.05, 0.1) is 0 Å². The number of likely N-dealkylation sites (N-methyl/N-ethyl adjacent to an activating group) is 1. The number of hydrogen-bond acceptors (Lipinski definition) is 5. The molecule has 0 aliphatic heterocycles. The van der Waals surface area contributed by atoms with Crippen LogP contribution in [0, 0.1) is 0 Å². The molecule has 6 nitrogen and oxygen atoms in total. The van der Waals surface area contributed by atoms with E-state index in [-0.39, 0.29) is 12.0 Å². The summed E-state index contributed by atoms with van der Waals surface area (Å²) in [7, 11) is 6.78. The first-order chi connectivity index (χ1) is 6.68. The van der Waals surface area contributed by atoms with E-state index in [2.05, 4.69) is 4.84 Å². The Morgan fingerprint density at radius 2 is 1.60 bits per heavy atom.